The van der Waals surface area contributed by atoms with Crippen LogP contribution in [-0.4, -0.2) is 46.3 Å². The van der Waals surface area contributed by atoms with Crippen molar-refractivity contribution in [2.75, 3.05) is 26.5 Å². The van der Waals surface area contributed by atoms with Gasteiger partial charge in [-0.1, -0.05) is 6.07 Å². The van der Waals surface area contributed by atoms with E-state index in [1.165, 1.54) is 0 Å². The van der Waals surface area contributed by atoms with Gasteiger partial charge in [0.15, 0.2) is 11.5 Å². The summed E-state index contributed by atoms with van der Waals surface area (Å²) in [5.74, 6) is 1.73. The number of rotatable bonds is 5. The Kier molecular flexibility index (Phi) is 5.31. The second-order valence-corrected chi connectivity index (χ2v) is 7.30. The summed E-state index contributed by atoms with van der Waals surface area (Å²) in [6.07, 6.45) is 4.23. The van der Waals surface area contributed by atoms with Gasteiger partial charge in [-0.25, -0.2) is 4.68 Å². The number of nitrogen functional groups attached to an aromatic ring is 1. The number of nitrogens with zero attached hydrogens (tertiary/aromatic N) is 4. The van der Waals surface area contributed by atoms with E-state index in [2.05, 4.69) is 10.1 Å². The van der Waals surface area contributed by atoms with Gasteiger partial charge in [-0.05, 0) is 48.2 Å². The van der Waals surface area contributed by atoms with Gasteiger partial charge in [0, 0.05) is 25.0 Å². The third-order valence-electron chi connectivity index (χ3n) is 5.41. The zero-order valence-electron chi connectivity index (χ0n) is 17.3. The third kappa shape index (κ3) is 3.56. The van der Waals surface area contributed by atoms with Crippen LogP contribution in [0.1, 0.15) is 28.4 Å². The molecule has 2 N–H and O–H groups in total. The Balaban J connectivity index is 1.76. The Morgan fingerprint density at radius 2 is 2.00 bits per heavy atom. The lowest BCUT2D eigenvalue weighted by molar-refractivity contribution is -0.134. The molecular formula is C22H25N5O3. The van der Waals surface area contributed by atoms with Crippen LogP contribution in [0.25, 0.3) is 0 Å². The Bertz CT molecular complexity index is 1060. The van der Waals surface area contributed by atoms with E-state index in [9.17, 15) is 4.79 Å². The summed E-state index contributed by atoms with van der Waals surface area (Å²) >= 11 is 0. The van der Waals surface area contributed by atoms with Crippen molar-refractivity contribution in [2.24, 2.45) is 0 Å². The van der Waals surface area contributed by atoms with Crippen molar-refractivity contribution in [3.8, 4) is 11.5 Å². The fourth-order valence-corrected chi connectivity index (χ4v) is 4.02. The number of anilines is 1. The minimum Gasteiger partial charge on any atom is -0.493 e. The highest BCUT2D eigenvalue weighted by atomic mass is 16.5. The molecule has 30 heavy (non-hydrogen) atoms. The molecule has 0 fully saturated rings. The first-order chi connectivity index (χ1) is 14.5. The molecule has 1 aliphatic rings. The van der Waals surface area contributed by atoms with E-state index < -0.39 is 0 Å². The van der Waals surface area contributed by atoms with Crippen molar-refractivity contribution >= 4 is 11.7 Å². The minimum atomic E-state index is -0.285. The summed E-state index contributed by atoms with van der Waals surface area (Å²) in [5, 5.41) is 4.33. The van der Waals surface area contributed by atoms with Gasteiger partial charge >= 0.3 is 0 Å². The SMILES string of the molecule is COc1cc2c(cc1OC)C(c1cccnc1)N(C(=O)Cn1nc(C)cc1N)CC2. The van der Waals surface area contributed by atoms with E-state index >= 15 is 0 Å². The molecule has 1 aliphatic heterocycles. The van der Waals surface area contributed by atoms with Crippen LogP contribution >= 0.6 is 0 Å². The average Bonchev–Trinajstić information content (AvgIpc) is 3.08. The van der Waals surface area contributed by atoms with Crippen LogP contribution in [0, 0.1) is 6.92 Å². The second kappa shape index (κ2) is 8.06. The third-order valence-corrected chi connectivity index (χ3v) is 5.41. The van der Waals surface area contributed by atoms with Gasteiger partial charge < -0.3 is 20.1 Å². The molecule has 1 unspecified atom stereocenters. The molecule has 1 amide bonds. The maximum Gasteiger partial charge on any atom is 0.245 e. The quantitative estimate of drug-likeness (QED) is 0.698. The number of methoxy groups -OCH3 is 2. The fourth-order valence-electron chi connectivity index (χ4n) is 4.02. The molecule has 0 aliphatic carbocycles. The summed E-state index contributed by atoms with van der Waals surface area (Å²) in [6.45, 7) is 2.51. The molecule has 0 saturated carbocycles. The Morgan fingerprint density at radius 3 is 2.63 bits per heavy atom. The first-order valence-electron chi connectivity index (χ1n) is 9.76. The number of carbonyl (C=O) groups excluding carboxylic acids is 1. The van der Waals surface area contributed by atoms with E-state index in [1.807, 2.05) is 36.1 Å². The van der Waals surface area contributed by atoms with Gasteiger partial charge in [0.25, 0.3) is 0 Å². The lowest BCUT2D eigenvalue weighted by atomic mass is 9.88. The number of hydrogen-bond acceptors (Lipinski definition) is 6. The highest BCUT2D eigenvalue weighted by molar-refractivity contribution is 5.78. The molecule has 4 rings (SSSR count). The van der Waals surface area contributed by atoms with Gasteiger partial charge in [-0.3, -0.25) is 9.78 Å². The number of hydrogen-bond donors (Lipinski definition) is 1. The Labute approximate surface area is 175 Å². The van der Waals surface area contributed by atoms with E-state index in [0.717, 1.165) is 22.4 Å². The molecular weight excluding hydrogens is 382 g/mol. The molecule has 2 aromatic heterocycles. The molecule has 1 atom stereocenters. The highest BCUT2D eigenvalue weighted by Crippen LogP contribution is 2.41. The first kappa shape index (κ1) is 19.8. The molecule has 0 spiro atoms. The van der Waals surface area contributed by atoms with E-state index in [0.29, 0.717) is 30.3 Å². The predicted octanol–water partition coefficient (Wildman–Crippen LogP) is 2.36. The number of carbonyl (C=O) groups is 1. The summed E-state index contributed by atoms with van der Waals surface area (Å²) in [5.41, 5.74) is 9.85. The van der Waals surface area contributed by atoms with Crippen molar-refractivity contribution in [1.29, 1.82) is 0 Å². The molecule has 8 heteroatoms. The smallest absolute Gasteiger partial charge is 0.245 e. The van der Waals surface area contributed by atoms with Gasteiger partial charge in [-0.15, -0.1) is 0 Å². The van der Waals surface area contributed by atoms with E-state index in [1.54, 1.807) is 37.4 Å². The number of pyridine rings is 1. The van der Waals surface area contributed by atoms with Crippen LogP contribution in [0.3, 0.4) is 0 Å². The van der Waals surface area contributed by atoms with Gasteiger partial charge in [-0.2, -0.15) is 5.10 Å². The van der Waals surface area contributed by atoms with Gasteiger partial charge in [0.1, 0.15) is 12.4 Å². The number of fused-ring (bicyclic) bond motifs is 1. The summed E-state index contributed by atoms with van der Waals surface area (Å²) in [4.78, 5) is 19.5. The summed E-state index contributed by atoms with van der Waals surface area (Å²) in [7, 11) is 3.23. The normalized spacial score (nSPS) is 15.6. The van der Waals surface area contributed by atoms with Crippen molar-refractivity contribution < 1.29 is 14.3 Å². The van der Waals surface area contributed by atoms with Crippen LogP contribution in [0.2, 0.25) is 0 Å². The van der Waals surface area contributed by atoms with Crippen LogP contribution in [0.15, 0.2) is 42.7 Å². The topological polar surface area (TPSA) is 95.5 Å². The van der Waals surface area contributed by atoms with Crippen molar-refractivity contribution in [2.45, 2.75) is 25.9 Å². The first-order valence-corrected chi connectivity index (χ1v) is 9.76. The number of benzene rings is 1. The second-order valence-electron chi connectivity index (χ2n) is 7.30. The average molecular weight is 407 g/mol. The number of nitrogens with two attached hydrogens (primary N) is 1. The van der Waals surface area contributed by atoms with Gasteiger partial charge in [0.2, 0.25) is 5.91 Å². The van der Waals surface area contributed by atoms with Crippen LogP contribution in [0.4, 0.5) is 5.82 Å². The molecule has 3 aromatic rings. The molecule has 8 nitrogen and oxygen atoms in total. The standard InChI is InChI=1S/C22H25N5O3/c1-14-9-20(23)27(25-14)13-21(28)26-8-6-15-10-18(29-2)19(30-3)11-17(15)22(26)16-5-4-7-24-12-16/h4-5,7,9-12,22H,6,8,13,23H2,1-3H3. The van der Waals surface area contributed by atoms with Crippen molar-refractivity contribution in [3.63, 3.8) is 0 Å². The Morgan fingerprint density at radius 1 is 1.23 bits per heavy atom. The summed E-state index contributed by atoms with van der Waals surface area (Å²) < 4.78 is 12.5. The predicted molar refractivity (Wildman–Crippen MR) is 112 cm³/mol. The molecule has 0 bridgehead atoms. The largest absolute Gasteiger partial charge is 0.493 e. The maximum atomic E-state index is 13.3. The fraction of sp³-hybridized carbons (Fsp3) is 0.318. The lowest BCUT2D eigenvalue weighted by Crippen LogP contribution is -2.42. The van der Waals surface area contributed by atoms with Gasteiger partial charge in [0.05, 0.1) is 26.0 Å². The maximum absolute atomic E-state index is 13.3. The zero-order chi connectivity index (χ0) is 21.3. The zero-order valence-corrected chi connectivity index (χ0v) is 17.3. The molecule has 0 saturated heterocycles. The van der Waals surface area contributed by atoms with Crippen molar-refractivity contribution in [3.05, 3.63) is 65.1 Å². The highest BCUT2D eigenvalue weighted by Gasteiger charge is 2.33. The lowest BCUT2D eigenvalue weighted by Gasteiger charge is -2.38. The molecule has 156 valence electrons. The van der Waals surface area contributed by atoms with Crippen molar-refractivity contribution in [1.82, 2.24) is 19.7 Å². The number of ether oxygens (including phenoxy) is 2. The molecule has 1 aromatic carbocycles. The van der Waals surface area contributed by atoms with Crippen LogP contribution in [0.5, 0.6) is 11.5 Å². The Hall–Kier alpha value is -3.55. The molecule has 0 radical (unpaired) electrons. The number of aromatic nitrogens is 3. The van der Waals surface area contributed by atoms with Crippen LogP contribution in [-0.2, 0) is 17.8 Å². The number of amides is 1. The summed E-state index contributed by atoms with van der Waals surface area (Å²) in [6, 6.07) is 9.28. The monoisotopic (exact) mass is 407 g/mol. The van der Waals surface area contributed by atoms with E-state index in [-0.39, 0.29) is 18.5 Å². The van der Waals surface area contributed by atoms with Crippen LogP contribution < -0.4 is 15.2 Å². The van der Waals surface area contributed by atoms with E-state index in [4.69, 9.17) is 15.2 Å². The minimum absolute atomic E-state index is 0.0564. The number of aryl methyl sites for hydroxylation is 1. The molecule has 3 heterocycles.